The van der Waals surface area contributed by atoms with Gasteiger partial charge in [-0.15, -0.1) is 5.10 Å². The lowest BCUT2D eigenvalue weighted by molar-refractivity contribution is -0.0786. The lowest BCUT2D eigenvalue weighted by Gasteiger charge is -2.40. The standard InChI is InChI=1S/C23H24N4O2/c1-16-7-5-9-19(13-16)27-17(2)21(24-25-27)22(28)26-12-6-11-23(15-26)20-10-4-3-8-18(20)14-29-23/h3-5,7-10,13H,6,11-12,14-15H2,1-2H3. The van der Waals surface area contributed by atoms with Crippen molar-refractivity contribution in [1.82, 2.24) is 19.9 Å². The third-order valence-corrected chi connectivity index (χ3v) is 6.10. The Labute approximate surface area is 170 Å². The molecule has 1 aromatic heterocycles. The molecule has 3 heterocycles. The number of benzene rings is 2. The van der Waals surface area contributed by atoms with Gasteiger partial charge in [-0.05, 0) is 55.5 Å². The van der Waals surface area contributed by atoms with E-state index in [2.05, 4.69) is 22.4 Å². The summed E-state index contributed by atoms with van der Waals surface area (Å²) in [7, 11) is 0. The molecule has 1 amide bonds. The fraction of sp³-hybridized carbons (Fsp3) is 0.348. The summed E-state index contributed by atoms with van der Waals surface area (Å²) >= 11 is 0. The molecule has 2 aliphatic rings. The molecule has 29 heavy (non-hydrogen) atoms. The Kier molecular flexibility index (Phi) is 4.24. The Bertz CT molecular complexity index is 1090. The van der Waals surface area contributed by atoms with Crippen LogP contribution in [0.1, 0.15) is 45.7 Å². The number of piperidine rings is 1. The lowest BCUT2D eigenvalue weighted by Crippen LogP contribution is -2.48. The molecule has 0 bridgehead atoms. The maximum atomic E-state index is 13.3. The van der Waals surface area contributed by atoms with Gasteiger partial charge in [-0.3, -0.25) is 4.79 Å². The van der Waals surface area contributed by atoms with Gasteiger partial charge in [-0.25, -0.2) is 4.68 Å². The minimum Gasteiger partial charge on any atom is -0.364 e. The predicted molar refractivity (Wildman–Crippen MR) is 109 cm³/mol. The summed E-state index contributed by atoms with van der Waals surface area (Å²) in [5.74, 6) is -0.0755. The van der Waals surface area contributed by atoms with Gasteiger partial charge in [0, 0.05) is 6.54 Å². The van der Waals surface area contributed by atoms with Crippen LogP contribution >= 0.6 is 0 Å². The van der Waals surface area contributed by atoms with Crippen LogP contribution in [-0.4, -0.2) is 38.9 Å². The Morgan fingerprint density at radius 1 is 1.14 bits per heavy atom. The first-order chi connectivity index (χ1) is 14.1. The van der Waals surface area contributed by atoms with Crippen molar-refractivity contribution in [2.24, 2.45) is 0 Å². The summed E-state index contributed by atoms with van der Waals surface area (Å²) in [5.41, 5.74) is 5.27. The van der Waals surface area contributed by atoms with Crippen molar-refractivity contribution in [2.75, 3.05) is 13.1 Å². The maximum Gasteiger partial charge on any atom is 0.276 e. The number of amides is 1. The van der Waals surface area contributed by atoms with Crippen LogP contribution in [0.4, 0.5) is 0 Å². The van der Waals surface area contributed by atoms with E-state index in [-0.39, 0.29) is 5.91 Å². The number of fused-ring (bicyclic) bond motifs is 2. The van der Waals surface area contributed by atoms with Crippen LogP contribution < -0.4 is 0 Å². The maximum absolute atomic E-state index is 13.3. The van der Waals surface area contributed by atoms with Crippen LogP contribution in [0.25, 0.3) is 5.69 Å². The van der Waals surface area contributed by atoms with E-state index in [0.29, 0.717) is 25.4 Å². The molecule has 1 saturated heterocycles. The molecule has 1 unspecified atom stereocenters. The molecular weight excluding hydrogens is 364 g/mol. The van der Waals surface area contributed by atoms with E-state index in [1.807, 2.05) is 55.1 Å². The normalized spacial score (nSPS) is 20.8. The fourth-order valence-electron chi connectivity index (χ4n) is 4.60. The van der Waals surface area contributed by atoms with Gasteiger partial charge in [0.05, 0.1) is 24.5 Å². The first kappa shape index (κ1) is 18.1. The van der Waals surface area contributed by atoms with Crippen molar-refractivity contribution in [3.8, 4) is 5.69 Å². The first-order valence-electron chi connectivity index (χ1n) is 10.1. The molecule has 0 saturated carbocycles. The van der Waals surface area contributed by atoms with Crippen LogP contribution in [0.15, 0.2) is 48.5 Å². The molecule has 5 rings (SSSR count). The zero-order chi connectivity index (χ0) is 20.0. The highest BCUT2D eigenvalue weighted by Crippen LogP contribution is 2.43. The monoisotopic (exact) mass is 388 g/mol. The van der Waals surface area contributed by atoms with Gasteiger partial charge < -0.3 is 9.64 Å². The molecule has 0 aliphatic carbocycles. The van der Waals surface area contributed by atoms with Crippen molar-refractivity contribution >= 4 is 5.91 Å². The Hall–Kier alpha value is -2.99. The van der Waals surface area contributed by atoms with Gasteiger partial charge in [-0.2, -0.15) is 0 Å². The van der Waals surface area contributed by atoms with Crippen molar-refractivity contribution < 1.29 is 9.53 Å². The van der Waals surface area contributed by atoms with Crippen LogP contribution in [0.5, 0.6) is 0 Å². The molecule has 1 spiro atoms. The van der Waals surface area contributed by atoms with Crippen LogP contribution in [-0.2, 0) is 16.9 Å². The Morgan fingerprint density at radius 3 is 2.86 bits per heavy atom. The second-order valence-electron chi connectivity index (χ2n) is 8.04. The molecule has 1 fully saturated rings. The molecule has 1 atom stereocenters. The highest BCUT2D eigenvalue weighted by Gasteiger charge is 2.44. The van der Waals surface area contributed by atoms with E-state index in [4.69, 9.17) is 4.74 Å². The molecule has 6 nitrogen and oxygen atoms in total. The number of hydrogen-bond donors (Lipinski definition) is 0. The van der Waals surface area contributed by atoms with Crippen molar-refractivity contribution in [1.29, 1.82) is 0 Å². The van der Waals surface area contributed by atoms with Crippen molar-refractivity contribution in [3.63, 3.8) is 0 Å². The Morgan fingerprint density at radius 2 is 2.00 bits per heavy atom. The van der Waals surface area contributed by atoms with E-state index in [1.54, 1.807) is 4.68 Å². The van der Waals surface area contributed by atoms with Gasteiger partial charge in [0.1, 0.15) is 5.60 Å². The number of nitrogens with zero attached hydrogens (tertiary/aromatic N) is 4. The molecule has 0 radical (unpaired) electrons. The number of aryl methyl sites for hydroxylation is 1. The third-order valence-electron chi connectivity index (χ3n) is 6.10. The largest absolute Gasteiger partial charge is 0.364 e. The lowest BCUT2D eigenvalue weighted by atomic mass is 9.85. The molecule has 2 aromatic carbocycles. The minimum atomic E-state index is -0.398. The summed E-state index contributed by atoms with van der Waals surface area (Å²) in [6.07, 6.45) is 1.84. The first-order valence-corrected chi connectivity index (χ1v) is 10.1. The quantitative estimate of drug-likeness (QED) is 0.674. The van der Waals surface area contributed by atoms with E-state index in [0.717, 1.165) is 29.8 Å². The van der Waals surface area contributed by atoms with Crippen LogP contribution in [0, 0.1) is 13.8 Å². The minimum absolute atomic E-state index is 0.0755. The number of rotatable bonds is 2. The molecular formula is C23H24N4O2. The number of hydrogen-bond acceptors (Lipinski definition) is 4. The zero-order valence-electron chi connectivity index (χ0n) is 16.8. The number of ether oxygens (including phenoxy) is 1. The molecule has 148 valence electrons. The number of likely N-dealkylation sites (tertiary alicyclic amines) is 1. The highest BCUT2D eigenvalue weighted by atomic mass is 16.5. The number of aromatic nitrogens is 3. The van der Waals surface area contributed by atoms with Crippen molar-refractivity contribution in [3.05, 3.63) is 76.6 Å². The number of carbonyl (C=O) groups excluding carboxylic acids is 1. The second-order valence-corrected chi connectivity index (χ2v) is 8.04. The van der Waals surface area contributed by atoms with E-state index >= 15 is 0 Å². The summed E-state index contributed by atoms with van der Waals surface area (Å²) < 4.78 is 7.99. The van der Waals surface area contributed by atoms with Gasteiger partial charge in [0.2, 0.25) is 0 Å². The highest BCUT2D eigenvalue weighted by molar-refractivity contribution is 5.93. The summed E-state index contributed by atoms with van der Waals surface area (Å²) in [6, 6.07) is 16.4. The average molecular weight is 388 g/mol. The smallest absolute Gasteiger partial charge is 0.276 e. The summed E-state index contributed by atoms with van der Waals surface area (Å²) in [6.45, 7) is 5.81. The summed E-state index contributed by atoms with van der Waals surface area (Å²) in [5, 5.41) is 8.49. The zero-order valence-corrected chi connectivity index (χ0v) is 16.8. The summed E-state index contributed by atoms with van der Waals surface area (Å²) in [4.78, 5) is 15.2. The second kappa shape index (κ2) is 6.81. The molecule has 6 heteroatoms. The van der Waals surface area contributed by atoms with Gasteiger partial charge in [0.15, 0.2) is 5.69 Å². The average Bonchev–Trinajstić information content (AvgIpc) is 3.29. The van der Waals surface area contributed by atoms with E-state index in [9.17, 15) is 4.79 Å². The number of carbonyl (C=O) groups is 1. The SMILES string of the molecule is Cc1cccc(-n2nnc(C(=O)N3CCCC4(C3)OCc3ccccc34)c2C)c1. The van der Waals surface area contributed by atoms with E-state index in [1.165, 1.54) is 11.1 Å². The van der Waals surface area contributed by atoms with E-state index < -0.39 is 5.60 Å². The topological polar surface area (TPSA) is 60.2 Å². The predicted octanol–water partition coefficient (Wildman–Crippen LogP) is 3.55. The molecule has 3 aromatic rings. The van der Waals surface area contributed by atoms with Gasteiger partial charge in [0.25, 0.3) is 5.91 Å². The van der Waals surface area contributed by atoms with Gasteiger partial charge >= 0.3 is 0 Å². The van der Waals surface area contributed by atoms with Crippen LogP contribution in [0.2, 0.25) is 0 Å². The van der Waals surface area contributed by atoms with Crippen LogP contribution in [0.3, 0.4) is 0 Å². The van der Waals surface area contributed by atoms with Crippen molar-refractivity contribution in [2.45, 2.75) is 38.9 Å². The fourth-order valence-corrected chi connectivity index (χ4v) is 4.60. The molecule has 2 aliphatic heterocycles. The Balaban J connectivity index is 1.43. The van der Waals surface area contributed by atoms with Gasteiger partial charge in [-0.1, -0.05) is 41.6 Å². The third kappa shape index (κ3) is 2.95. The molecule has 0 N–H and O–H groups in total.